The first-order valence-corrected chi connectivity index (χ1v) is 9.65. The Morgan fingerprint density at radius 3 is 2.41 bits per heavy atom. The Balaban J connectivity index is 1.59. The topological polar surface area (TPSA) is 46.4 Å². The Labute approximate surface area is 170 Å². The van der Waals surface area contributed by atoms with Gasteiger partial charge in [-0.1, -0.05) is 60.7 Å². The molecule has 4 aromatic rings. The highest BCUT2D eigenvalue weighted by molar-refractivity contribution is 6.00. The number of hydrogen-bond acceptors (Lipinski definition) is 2. The molecule has 1 N–H and O–H groups in total. The number of carbonyl (C=O) groups is 1. The quantitative estimate of drug-likeness (QED) is 0.381. The van der Waals surface area contributed by atoms with Gasteiger partial charge in [-0.15, -0.1) is 0 Å². The minimum Gasteiger partial charge on any atom is -0.342 e. The Kier molecular flexibility index (Phi) is 5.25. The normalized spacial score (nSPS) is 11.2. The molecule has 1 heterocycles. The van der Waals surface area contributed by atoms with E-state index in [2.05, 4.69) is 64.6 Å². The van der Waals surface area contributed by atoms with Crippen LogP contribution in [-0.2, 0) is 6.54 Å². The summed E-state index contributed by atoms with van der Waals surface area (Å²) >= 11 is 0. The Morgan fingerprint density at radius 1 is 0.931 bits per heavy atom. The van der Waals surface area contributed by atoms with Crippen LogP contribution < -0.4 is 5.43 Å². The average molecular weight is 381 g/mol. The van der Waals surface area contributed by atoms with Crippen molar-refractivity contribution in [2.45, 2.75) is 20.4 Å². The number of para-hydroxylation sites is 1. The highest BCUT2D eigenvalue weighted by Gasteiger charge is 2.09. The summed E-state index contributed by atoms with van der Waals surface area (Å²) in [4.78, 5) is 12.4. The van der Waals surface area contributed by atoms with Gasteiger partial charge < -0.3 is 4.57 Å². The van der Waals surface area contributed by atoms with Crippen LogP contribution in [0.5, 0.6) is 0 Å². The second-order valence-corrected chi connectivity index (χ2v) is 7.17. The van der Waals surface area contributed by atoms with E-state index in [1.165, 1.54) is 11.1 Å². The summed E-state index contributed by atoms with van der Waals surface area (Å²) in [6, 6.07) is 24.1. The van der Waals surface area contributed by atoms with Gasteiger partial charge in [-0.3, -0.25) is 4.79 Å². The molecule has 0 atom stereocenters. The van der Waals surface area contributed by atoms with Crippen LogP contribution in [0.2, 0.25) is 0 Å². The van der Waals surface area contributed by atoms with Crippen molar-refractivity contribution >= 4 is 23.0 Å². The number of benzene rings is 3. The lowest BCUT2D eigenvalue weighted by Crippen LogP contribution is -2.18. The summed E-state index contributed by atoms with van der Waals surface area (Å²) in [5, 5.41) is 5.32. The third-order valence-corrected chi connectivity index (χ3v) is 5.18. The fourth-order valence-corrected chi connectivity index (χ4v) is 3.53. The summed E-state index contributed by atoms with van der Waals surface area (Å²) in [5.41, 5.74) is 8.86. The maximum absolute atomic E-state index is 12.4. The molecule has 0 aliphatic rings. The molecule has 4 rings (SSSR count). The van der Waals surface area contributed by atoms with Crippen molar-refractivity contribution < 1.29 is 4.79 Å². The smallest absolute Gasteiger partial charge is 0.271 e. The number of aryl methyl sites for hydroxylation is 2. The molecular formula is C25H23N3O. The van der Waals surface area contributed by atoms with Crippen molar-refractivity contribution in [3.8, 4) is 0 Å². The second kappa shape index (κ2) is 8.15. The first-order chi connectivity index (χ1) is 14.1. The predicted molar refractivity (Wildman–Crippen MR) is 118 cm³/mol. The summed E-state index contributed by atoms with van der Waals surface area (Å²) in [6.45, 7) is 4.83. The third kappa shape index (κ3) is 3.97. The Morgan fingerprint density at radius 2 is 1.62 bits per heavy atom. The molecule has 1 aromatic heterocycles. The molecule has 3 aromatic carbocycles. The van der Waals surface area contributed by atoms with Crippen LogP contribution in [0.15, 0.2) is 84.1 Å². The molecule has 0 radical (unpaired) electrons. The van der Waals surface area contributed by atoms with Gasteiger partial charge in [0, 0.05) is 34.8 Å². The molecule has 4 nitrogen and oxygen atoms in total. The van der Waals surface area contributed by atoms with Gasteiger partial charge in [-0.2, -0.15) is 5.10 Å². The molecule has 0 fully saturated rings. The first-order valence-electron chi connectivity index (χ1n) is 9.65. The van der Waals surface area contributed by atoms with Gasteiger partial charge in [0.15, 0.2) is 0 Å². The lowest BCUT2D eigenvalue weighted by molar-refractivity contribution is 0.0954. The van der Waals surface area contributed by atoms with Crippen molar-refractivity contribution in [2.75, 3.05) is 0 Å². The number of aromatic nitrogens is 1. The SMILES string of the molecule is Cc1ccccc1Cn1cc(/C=N\NC(=O)c2ccccc2C)c2ccccc21. The molecule has 29 heavy (non-hydrogen) atoms. The number of hydrogen-bond donors (Lipinski definition) is 1. The van der Waals surface area contributed by atoms with E-state index in [1.54, 1.807) is 12.3 Å². The van der Waals surface area contributed by atoms with E-state index >= 15 is 0 Å². The number of fused-ring (bicyclic) bond motifs is 1. The van der Waals surface area contributed by atoms with Crippen molar-refractivity contribution in [2.24, 2.45) is 5.10 Å². The Hall–Kier alpha value is -3.66. The summed E-state index contributed by atoms with van der Waals surface area (Å²) in [6.07, 6.45) is 3.80. The maximum Gasteiger partial charge on any atom is 0.271 e. The molecule has 1 amide bonds. The van der Waals surface area contributed by atoms with Crippen molar-refractivity contribution in [1.29, 1.82) is 0 Å². The van der Waals surface area contributed by atoms with Crippen molar-refractivity contribution in [3.05, 3.63) is 107 Å². The van der Waals surface area contributed by atoms with Crippen LogP contribution in [0, 0.1) is 13.8 Å². The zero-order valence-corrected chi connectivity index (χ0v) is 16.6. The van der Waals surface area contributed by atoms with Gasteiger partial charge >= 0.3 is 0 Å². The Bertz CT molecular complexity index is 1200. The van der Waals surface area contributed by atoms with E-state index in [9.17, 15) is 4.79 Å². The number of amides is 1. The molecule has 0 aliphatic carbocycles. The molecule has 0 bridgehead atoms. The van der Waals surface area contributed by atoms with Gasteiger partial charge in [0.05, 0.1) is 6.21 Å². The van der Waals surface area contributed by atoms with E-state index in [-0.39, 0.29) is 5.91 Å². The average Bonchev–Trinajstić information content (AvgIpc) is 3.08. The molecular weight excluding hydrogens is 358 g/mol. The molecule has 0 unspecified atom stereocenters. The molecule has 0 saturated carbocycles. The molecule has 4 heteroatoms. The van der Waals surface area contributed by atoms with E-state index in [4.69, 9.17) is 0 Å². The first kappa shape index (κ1) is 18.7. The van der Waals surface area contributed by atoms with Crippen LogP contribution in [0.1, 0.15) is 32.6 Å². The largest absolute Gasteiger partial charge is 0.342 e. The van der Waals surface area contributed by atoms with Gasteiger partial charge in [0.2, 0.25) is 0 Å². The standard InChI is InChI=1S/C25H23N3O/c1-18-9-3-5-11-20(18)16-28-17-21(23-13-7-8-14-24(23)28)15-26-27-25(29)22-12-6-4-10-19(22)2/h3-15,17H,16H2,1-2H3,(H,27,29)/b26-15-. The third-order valence-electron chi connectivity index (χ3n) is 5.18. The van der Waals surface area contributed by atoms with Crippen molar-refractivity contribution in [1.82, 2.24) is 9.99 Å². The molecule has 0 saturated heterocycles. The van der Waals surface area contributed by atoms with Crippen LogP contribution in [0.3, 0.4) is 0 Å². The minimum absolute atomic E-state index is 0.206. The van der Waals surface area contributed by atoms with Gasteiger partial charge in [-0.25, -0.2) is 5.43 Å². The number of nitrogens with zero attached hydrogens (tertiary/aromatic N) is 2. The van der Waals surface area contributed by atoms with Crippen LogP contribution in [0.25, 0.3) is 10.9 Å². The highest BCUT2D eigenvalue weighted by Crippen LogP contribution is 2.22. The number of carbonyl (C=O) groups excluding carboxylic acids is 1. The zero-order valence-electron chi connectivity index (χ0n) is 16.6. The molecule has 144 valence electrons. The number of rotatable bonds is 5. The predicted octanol–water partition coefficient (Wildman–Crippen LogP) is 5.07. The fourth-order valence-electron chi connectivity index (χ4n) is 3.53. The lowest BCUT2D eigenvalue weighted by Gasteiger charge is -2.08. The van der Waals surface area contributed by atoms with Gasteiger partial charge in [0.1, 0.15) is 0 Å². The van der Waals surface area contributed by atoms with Crippen LogP contribution in [-0.4, -0.2) is 16.7 Å². The summed E-state index contributed by atoms with van der Waals surface area (Å²) in [5.74, 6) is -0.206. The molecule has 0 aliphatic heterocycles. The number of nitrogens with one attached hydrogen (secondary N) is 1. The number of hydrazone groups is 1. The molecule has 0 spiro atoms. The van der Waals surface area contributed by atoms with Crippen LogP contribution >= 0.6 is 0 Å². The van der Waals surface area contributed by atoms with Crippen molar-refractivity contribution in [3.63, 3.8) is 0 Å². The minimum atomic E-state index is -0.206. The fraction of sp³-hybridized carbons (Fsp3) is 0.120. The van der Waals surface area contributed by atoms with Crippen LogP contribution in [0.4, 0.5) is 0 Å². The second-order valence-electron chi connectivity index (χ2n) is 7.17. The summed E-state index contributed by atoms with van der Waals surface area (Å²) in [7, 11) is 0. The maximum atomic E-state index is 12.4. The monoisotopic (exact) mass is 381 g/mol. The van der Waals surface area contributed by atoms with Gasteiger partial charge in [0.25, 0.3) is 5.91 Å². The van der Waals surface area contributed by atoms with Gasteiger partial charge in [-0.05, 0) is 42.7 Å². The van der Waals surface area contributed by atoms with E-state index < -0.39 is 0 Å². The highest BCUT2D eigenvalue weighted by atomic mass is 16.2. The zero-order chi connectivity index (χ0) is 20.2. The summed E-state index contributed by atoms with van der Waals surface area (Å²) < 4.78 is 2.22. The van der Waals surface area contributed by atoms with E-state index in [1.807, 2.05) is 37.3 Å². The van der Waals surface area contributed by atoms with E-state index in [0.29, 0.717) is 5.56 Å². The lowest BCUT2D eigenvalue weighted by atomic mass is 10.1. The van der Waals surface area contributed by atoms with E-state index in [0.717, 1.165) is 28.6 Å².